The Morgan fingerprint density at radius 1 is 0.434 bits per heavy atom. The number of para-hydroxylation sites is 11. The Hall–Kier alpha value is -9.43. The maximum atomic E-state index is 5.99. The molecule has 717 valence electrons. The molecule has 2 unspecified atom stereocenters. The van der Waals surface area contributed by atoms with Crippen molar-refractivity contribution in [1.29, 1.82) is 0 Å². The van der Waals surface area contributed by atoms with Gasteiger partial charge in [-0.05, 0) is 178 Å². The number of nitrogens with zero attached hydrogens (tertiary/aromatic N) is 12. The monoisotopic (exact) mass is 2640 g/mol. The van der Waals surface area contributed by atoms with Crippen LogP contribution < -0.4 is 40.0 Å². The molecule has 22 rings (SSSR count). The number of fused-ring (bicyclic) bond motifs is 11. The van der Waals surface area contributed by atoms with Crippen molar-refractivity contribution in [1.82, 2.24) is 19.2 Å². The summed E-state index contributed by atoms with van der Waals surface area (Å²) in [5.74, 6) is 2.77. The molecule has 16 aromatic rings. The number of rotatable bonds is 17. The predicted octanol–water partition coefficient (Wildman–Crippen LogP) is 30.0. The van der Waals surface area contributed by atoms with Crippen LogP contribution in [0.4, 0.5) is 68.2 Å². The fourth-order valence-electron chi connectivity index (χ4n) is 17.9. The molecule has 0 saturated heterocycles. The van der Waals surface area contributed by atoms with Crippen molar-refractivity contribution < 1.29 is 119 Å². The molecule has 2 fully saturated rings. The van der Waals surface area contributed by atoms with E-state index in [1.54, 1.807) is 11.1 Å². The summed E-state index contributed by atoms with van der Waals surface area (Å²) < 4.78 is 8.43. The largest absolute Gasteiger partial charge is 2.00 e. The van der Waals surface area contributed by atoms with Crippen LogP contribution in [0.5, 0.6) is 0 Å². The van der Waals surface area contributed by atoms with Crippen LogP contribution in [-0.2, 0) is 114 Å². The number of furan rings is 1. The number of hydrogen-bond acceptors (Lipinski definition) is 10. The van der Waals surface area contributed by atoms with E-state index >= 15 is 0 Å². The number of anilines is 8. The predicted molar refractivity (Wildman–Crippen MR) is 555 cm³/mol. The summed E-state index contributed by atoms with van der Waals surface area (Å²) >= 11 is 0. The van der Waals surface area contributed by atoms with Gasteiger partial charge in [0.1, 0.15) is 5.58 Å². The topological polar surface area (TPSA) is 84.6 Å². The zero-order chi connectivity index (χ0) is 89.4. The zero-order valence-corrected chi connectivity index (χ0v) is 91.4. The van der Waals surface area contributed by atoms with E-state index in [1.165, 1.54) is 137 Å². The minimum Gasteiger partial charge on any atom is -0.715 e. The van der Waals surface area contributed by atoms with Gasteiger partial charge < -0.3 is 58.7 Å². The van der Waals surface area contributed by atoms with Gasteiger partial charge in [-0.1, -0.05) is 239 Å². The second kappa shape index (κ2) is 51.5. The van der Waals surface area contributed by atoms with Crippen molar-refractivity contribution in [2.75, 3.05) is 69.9 Å². The number of hydrogen-bond donors (Lipinski definition) is 0. The Morgan fingerprint density at radius 3 is 1.41 bits per heavy atom. The van der Waals surface area contributed by atoms with Crippen LogP contribution in [0, 0.1) is 76.6 Å². The summed E-state index contributed by atoms with van der Waals surface area (Å²) in [7, 11) is 9.77. The standard InChI is InChI=1S/C33H33N2.C22H19N4.2C17H20NP.C16H12N2O.C10H10N2.2Cu.3Ir.Os/c1-3-12-23(13-4-1)25-19-11-20-26(24-14-5-2-6-15-24)32(25)31-22-34-33-29-18-8-7-16-27(29)28-17-9-10-21-30(28)35(31)33;1-23-15-25(21-12-5-3-10-19(21)23)17-8-7-9-18(14-17)26-16-24(2)20-11-4-6-13-22(20)26;2*1-13(2)12-19-17-11-7-6-10-16(17)18-15-9-5-4-8-14(15)3;1-17-9-10-18(11-17)14-7-4-6-13-12-5-2-3-8-15(12)19-16(13)14;1-11-7-8-12(9-11)10-5-3-2-4-6-10;;;;;;/h7-11,16-17,19-24H,1-6,12-15H2;3-13,15-16H,1-2H3;2*4-11,13,19H,3,12H2,1-2H3;2-6,8-11H,1H3;2-5,7-9H,1H3;;;;;;/q-1;-3;4*-2;;+2;;;;. The van der Waals surface area contributed by atoms with Crippen LogP contribution in [0.1, 0.15) is 126 Å². The molecular weight excluding hydrogens is 2520 g/mol. The van der Waals surface area contributed by atoms with Crippen molar-refractivity contribution in [2.24, 2.45) is 11.8 Å². The fourth-order valence-corrected chi connectivity index (χ4v) is 20.2. The van der Waals surface area contributed by atoms with Crippen LogP contribution in [0.2, 0.25) is 0 Å². The van der Waals surface area contributed by atoms with Gasteiger partial charge in [-0.2, -0.15) is 93.4 Å². The van der Waals surface area contributed by atoms with Crippen LogP contribution >= 0.6 is 17.2 Å². The van der Waals surface area contributed by atoms with E-state index < -0.39 is 0 Å². The van der Waals surface area contributed by atoms with E-state index in [-0.39, 0.29) is 114 Å². The van der Waals surface area contributed by atoms with Gasteiger partial charge in [0.25, 0.3) is 0 Å². The fraction of sp³-hybridized carbons (Fsp3) is 0.209. The maximum absolute atomic E-state index is 5.99. The zero-order valence-electron chi connectivity index (χ0n) is 77.8. The molecule has 21 heteroatoms. The summed E-state index contributed by atoms with van der Waals surface area (Å²) in [5.41, 5.74) is 24.8. The van der Waals surface area contributed by atoms with Gasteiger partial charge >= 0.3 is 17.1 Å². The van der Waals surface area contributed by atoms with Crippen molar-refractivity contribution in [3.05, 3.63) is 414 Å². The molecule has 0 N–H and O–H groups in total. The van der Waals surface area contributed by atoms with Gasteiger partial charge in [-0.3, -0.25) is 16.4 Å². The summed E-state index contributed by atoms with van der Waals surface area (Å²) in [4.78, 5) is 21.8. The Morgan fingerprint density at radius 2 is 0.890 bits per heavy atom. The van der Waals surface area contributed by atoms with E-state index in [2.05, 4.69) is 287 Å². The molecule has 2 saturated carbocycles. The Balaban J connectivity index is 0.000000160. The van der Waals surface area contributed by atoms with Gasteiger partial charge in [0, 0.05) is 148 Å². The minimum atomic E-state index is 0. The minimum absolute atomic E-state index is 0. The van der Waals surface area contributed by atoms with Crippen LogP contribution in [-0.4, -0.2) is 59.7 Å². The summed E-state index contributed by atoms with van der Waals surface area (Å²) in [6.45, 7) is 25.3. The molecule has 136 heavy (non-hydrogen) atoms. The Bertz CT molecular complexity index is 6400. The van der Waals surface area contributed by atoms with Crippen molar-refractivity contribution in [3.63, 3.8) is 0 Å². The average molecular weight is 2640 g/mol. The smallest absolute Gasteiger partial charge is 0.715 e. The van der Waals surface area contributed by atoms with Crippen molar-refractivity contribution in [3.8, 4) is 11.3 Å². The molecule has 3 aromatic heterocycles. The molecule has 13 nitrogen and oxygen atoms in total. The molecule has 4 aliphatic heterocycles. The first kappa shape index (κ1) is 107. The maximum Gasteiger partial charge on any atom is 2.00 e. The summed E-state index contributed by atoms with van der Waals surface area (Å²) in [6, 6.07) is 112. The van der Waals surface area contributed by atoms with Crippen LogP contribution in [0.15, 0.2) is 321 Å². The molecule has 2 aliphatic carbocycles. The third-order valence-corrected chi connectivity index (χ3v) is 28.1. The number of pyridine rings is 1. The normalized spacial score (nSPS) is 14.2. The molecule has 6 aliphatic rings. The van der Waals surface area contributed by atoms with E-state index in [0.29, 0.717) is 11.8 Å². The quantitative estimate of drug-likeness (QED) is 0.0380. The summed E-state index contributed by atoms with van der Waals surface area (Å²) in [6.07, 6.45) is 26.1. The second-order valence-electron chi connectivity index (χ2n) is 34.8. The van der Waals surface area contributed by atoms with Crippen LogP contribution in [0.3, 0.4) is 0 Å². The van der Waals surface area contributed by atoms with E-state index in [4.69, 9.17) is 20.0 Å². The summed E-state index contributed by atoms with van der Waals surface area (Å²) in [5, 5.41) is 18.1. The number of imidazole rings is 1. The van der Waals surface area contributed by atoms with Crippen LogP contribution in [0.25, 0.3) is 71.2 Å². The first-order chi connectivity index (χ1) is 63.6. The first-order valence-electron chi connectivity index (χ1n) is 45.7. The molecule has 7 heterocycles. The first-order valence-corrected chi connectivity index (χ1v) is 48.1. The third-order valence-electron chi connectivity index (χ3n) is 24.4. The molecule has 0 spiro atoms. The third kappa shape index (κ3) is 25.6. The van der Waals surface area contributed by atoms with E-state index in [1.807, 2.05) is 193 Å². The molecular formula is C115H114Cu2Ir3N12OOsP2-10. The van der Waals surface area contributed by atoms with Gasteiger partial charge in [0.2, 0.25) is 0 Å². The number of aromatic nitrogens is 2. The van der Waals surface area contributed by atoms with Crippen molar-refractivity contribution >= 4 is 145 Å². The van der Waals surface area contributed by atoms with Crippen molar-refractivity contribution in [2.45, 2.75) is 104 Å². The molecule has 2 atom stereocenters. The average Bonchev–Trinajstić information content (AvgIpc) is 1.53. The second-order valence-corrected chi connectivity index (χ2v) is 37.4. The Labute approximate surface area is 885 Å². The molecule has 0 bridgehead atoms. The molecule has 5 radical (unpaired) electrons. The van der Waals surface area contributed by atoms with Gasteiger partial charge in [0.15, 0.2) is 0 Å². The van der Waals surface area contributed by atoms with Gasteiger partial charge in [-0.25, -0.2) is 25.0 Å². The Kier molecular flexibility index (Phi) is 40.5. The van der Waals surface area contributed by atoms with Gasteiger partial charge in [0.05, 0.1) is 11.3 Å². The van der Waals surface area contributed by atoms with Gasteiger partial charge in [-0.15, -0.1) is 101 Å². The molecule has 0 amide bonds. The van der Waals surface area contributed by atoms with E-state index in [9.17, 15) is 0 Å². The number of benzene rings is 13. The van der Waals surface area contributed by atoms with E-state index in [0.717, 1.165) is 119 Å². The SMILES string of the molecule is CN1C=CN(c2[c-]ccc3c2oc2ccccc23)[CH-]1.CN1C=CN(c2[c-]cccc2)[CH-]1.CN1[CH-]N(c2[c-]c(N3[CH-]N(C)c4ccccc43)ccc2)c2ccccc21.[CH2-]c1ccccc1[N-]c1ccccc1PCC(C)C.[CH2-]c1ccccc1[N-]c1ccccc1PCC(C)C.[Cu+2].[Cu].[Ir].[Ir].[Ir].[Os].[c-]1cccc2c1c1ncc(-c3c(C4CCCCC4)cccc3C3CCCCC3)n1c1ccccc21. The molecule has 13 aromatic carbocycles.